The van der Waals surface area contributed by atoms with E-state index < -0.39 is 5.92 Å². The first-order valence-corrected chi connectivity index (χ1v) is 9.50. The molecule has 29 heavy (non-hydrogen) atoms. The van der Waals surface area contributed by atoms with Gasteiger partial charge >= 0.3 is 0 Å². The van der Waals surface area contributed by atoms with Gasteiger partial charge in [-0.1, -0.05) is 12.1 Å². The summed E-state index contributed by atoms with van der Waals surface area (Å²) in [7, 11) is 1.87. The average Bonchev–Trinajstić information content (AvgIpc) is 2.70. The quantitative estimate of drug-likeness (QED) is 0.520. The van der Waals surface area contributed by atoms with Crippen molar-refractivity contribution < 1.29 is 18.3 Å². The number of ether oxygens (including phenoxy) is 1. The molecule has 0 fully saturated rings. The van der Waals surface area contributed by atoms with Gasteiger partial charge in [0.15, 0.2) is 0 Å². The second-order valence-electron chi connectivity index (χ2n) is 6.92. The standard InChI is InChI=1S/C23H24F2N2O2/c1-23(24,25)18-8-10-19(11-9-18)29-21-6-3-5-16-15-17(7-12-20(16)21)22(28)27-14-4-13-26-2/h3,5-12,15,26H,4,13-14H2,1-2H3,(H,27,28). The zero-order chi connectivity index (χ0) is 20.9. The number of amides is 1. The molecular formula is C23H24F2N2O2. The Morgan fingerprint density at radius 1 is 1.03 bits per heavy atom. The van der Waals surface area contributed by atoms with Crippen molar-refractivity contribution in [1.29, 1.82) is 0 Å². The Bertz CT molecular complexity index is 982. The third-order valence-corrected chi connectivity index (χ3v) is 4.58. The lowest BCUT2D eigenvalue weighted by Gasteiger charge is -2.13. The summed E-state index contributed by atoms with van der Waals surface area (Å²) in [6.45, 7) is 2.31. The predicted octanol–water partition coefficient (Wildman–Crippen LogP) is 5.08. The number of hydrogen-bond donors (Lipinski definition) is 2. The van der Waals surface area contributed by atoms with E-state index in [1.165, 1.54) is 24.3 Å². The van der Waals surface area contributed by atoms with E-state index >= 15 is 0 Å². The van der Waals surface area contributed by atoms with Crippen LogP contribution in [0.4, 0.5) is 8.78 Å². The smallest absolute Gasteiger partial charge is 0.270 e. The molecule has 0 atom stereocenters. The number of alkyl halides is 2. The molecule has 152 valence electrons. The Labute approximate surface area is 168 Å². The average molecular weight is 398 g/mol. The van der Waals surface area contributed by atoms with Crippen molar-refractivity contribution in [2.75, 3.05) is 20.1 Å². The number of halogens is 2. The summed E-state index contributed by atoms with van der Waals surface area (Å²) in [6.07, 6.45) is 0.858. The molecule has 0 aliphatic rings. The van der Waals surface area contributed by atoms with Crippen molar-refractivity contribution >= 4 is 16.7 Å². The molecule has 4 nitrogen and oxygen atoms in total. The van der Waals surface area contributed by atoms with Crippen molar-refractivity contribution in [1.82, 2.24) is 10.6 Å². The Morgan fingerprint density at radius 3 is 2.48 bits per heavy atom. The van der Waals surface area contributed by atoms with Gasteiger partial charge in [-0.3, -0.25) is 4.79 Å². The number of carbonyl (C=O) groups excluding carboxylic acids is 1. The first-order chi connectivity index (χ1) is 13.9. The minimum absolute atomic E-state index is 0.0619. The summed E-state index contributed by atoms with van der Waals surface area (Å²) in [4.78, 5) is 12.3. The molecule has 1 amide bonds. The van der Waals surface area contributed by atoms with Crippen LogP contribution in [0.15, 0.2) is 60.7 Å². The second kappa shape index (κ2) is 9.01. The maximum Gasteiger partial charge on any atom is 0.270 e. The fraction of sp³-hybridized carbons (Fsp3) is 0.261. The van der Waals surface area contributed by atoms with Crippen LogP contribution in [0.1, 0.15) is 29.3 Å². The fourth-order valence-corrected chi connectivity index (χ4v) is 3.00. The summed E-state index contributed by atoms with van der Waals surface area (Å²) in [5.74, 6) is -1.94. The summed E-state index contributed by atoms with van der Waals surface area (Å²) in [6, 6.07) is 16.7. The van der Waals surface area contributed by atoms with E-state index in [-0.39, 0.29) is 11.5 Å². The lowest BCUT2D eigenvalue weighted by Crippen LogP contribution is -2.26. The number of hydrogen-bond acceptors (Lipinski definition) is 3. The summed E-state index contributed by atoms with van der Waals surface area (Å²) in [5.41, 5.74) is 0.516. The molecule has 0 unspecified atom stereocenters. The molecule has 0 saturated heterocycles. The molecule has 3 aromatic rings. The SMILES string of the molecule is CNCCCNC(=O)c1ccc2c(Oc3ccc(C(C)(F)F)cc3)cccc2c1. The van der Waals surface area contributed by atoms with Crippen LogP contribution in [0.5, 0.6) is 11.5 Å². The molecule has 3 rings (SSSR count). The molecule has 0 radical (unpaired) electrons. The molecule has 0 bridgehead atoms. The highest BCUT2D eigenvalue weighted by atomic mass is 19.3. The van der Waals surface area contributed by atoms with Crippen LogP contribution in [-0.2, 0) is 5.92 Å². The zero-order valence-corrected chi connectivity index (χ0v) is 16.5. The molecule has 0 aromatic heterocycles. The largest absolute Gasteiger partial charge is 0.457 e. The highest BCUT2D eigenvalue weighted by Gasteiger charge is 2.23. The van der Waals surface area contributed by atoms with E-state index in [1.807, 2.05) is 37.4 Å². The maximum atomic E-state index is 13.4. The summed E-state index contributed by atoms with van der Waals surface area (Å²) in [5, 5.41) is 7.64. The lowest BCUT2D eigenvalue weighted by atomic mass is 10.1. The minimum Gasteiger partial charge on any atom is -0.457 e. The third kappa shape index (κ3) is 5.29. The van der Waals surface area contributed by atoms with Crippen molar-refractivity contribution in [2.24, 2.45) is 0 Å². The molecule has 0 heterocycles. The van der Waals surface area contributed by atoms with Gasteiger partial charge in [-0.25, -0.2) is 8.78 Å². The van der Waals surface area contributed by atoms with Gasteiger partial charge in [0.05, 0.1) is 0 Å². The van der Waals surface area contributed by atoms with Gasteiger partial charge < -0.3 is 15.4 Å². The summed E-state index contributed by atoms with van der Waals surface area (Å²) >= 11 is 0. The first-order valence-electron chi connectivity index (χ1n) is 9.50. The van der Waals surface area contributed by atoms with Crippen LogP contribution < -0.4 is 15.4 Å². The molecule has 0 spiro atoms. The molecule has 0 aliphatic carbocycles. The Hall–Kier alpha value is -2.99. The van der Waals surface area contributed by atoms with Crippen molar-refractivity contribution in [2.45, 2.75) is 19.3 Å². The van der Waals surface area contributed by atoms with Gasteiger partial charge in [-0.15, -0.1) is 0 Å². The number of carbonyl (C=O) groups is 1. The number of benzene rings is 3. The van der Waals surface area contributed by atoms with Gasteiger partial charge in [0, 0.05) is 30.0 Å². The second-order valence-corrected chi connectivity index (χ2v) is 6.92. The molecule has 2 N–H and O–H groups in total. The Balaban J connectivity index is 1.77. The van der Waals surface area contributed by atoms with E-state index in [9.17, 15) is 13.6 Å². The highest BCUT2D eigenvalue weighted by molar-refractivity contribution is 5.99. The topological polar surface area (TPSA) is 50.4 Å². The van der Waals surface area contributed by atoms with Crippen molar-refractivity contribution in [3.8, 4) is 11.5 Å². The molecule has 3 aromatic carbocycles. The van der Waals surface area contributed by atoms with Crippen molar-refractivity contribution in [3.05, 3.63) is 71.8 Å². The molecule has 6 heteroatoms. The minimum atomic E-state index is -2.89. The van der Waals surface area contributed by atoms with Crippen LogP contribution in [0.25, 0.3) is 10.8 Å². The van der Waals surface area contributed by atoms with E-state index in [1.54, 1.807) is 6.07 Å². The van der Waals surface area contributed by atoms with Gasteiger partial charge in [0.1, 0.15) is 11.5 Å². The normalized spacial score (nSPS) is 11.4. The van der Waals surface area contributed by atoms with Crippen LogP contribution in [0.2, 0.25) is 0 Å². The van der Waals surface area contributed by atoms with Crippen molar-refractivity contribution in [3.63, 3.8) is 0 Å². The maximum absolute atomic E-state index is 13.4. The third-order valence-electron chi connectivity index (χ3n) is 4.58. The monoisotopic (exact) mass is 398 g/mol. The van der Waals surface area contributed by atoms with E-state index in [0.717, 1.165) is 30.7 Å². The Kier molecular flexibility index (Phi) is 6.44. The predicted molar refractivity (Wildman–Crippen MR) is 111 cm³/mol. The number of fused-ring (bicyclic) bond motifs is 1. The lowest BCUT2D eigenvalue weighted by molar-refractivity contribution is 0.0174. The molecular weight excluding hydrogens is 374 g/mol. The van der Waals surface area contributed by atoms with Crippen LogP contribution >= 0.6 is 0 Å². The first kappa shape index (κ1) is 20.7. The highest BCUT2D eigenvalue weighted by Crippen LogP contribution is 2.33. The van der Waals surface area contributed by atoms with Gasteiger partial charge in [0.2, 0.25) is 0 Å². The number of rotatable bonds is 8. The summed E-state index contributed by atoms with van der Waals surface area (Å²) < 4.78 is 32.6. The van der Waals surface area contributed by atoms with Crippen LogP contribution in [0, 0.1) is 0 Å². The van der Waals surface area contributed by atoms with E-state index in [0.29, 0.717) is 23.6 Å². The molecule has 0 saturated carbocycles. The zero-order valence-electron chi connectivity index (χ0n) is 16.5. The fourth-order valence-electron chi connectivity index (χ4n) is 3.00. The molecule has 0 aliphatic heterocycles. The number of nitrogens with one attached hydrogen (secondary N) is 2. The van der Waals surface area contributed by atoms with E-state index in [2.05, 4.69) is 10.6 Å². The van der Waals surface area contributed by atoms with E-state index in [4.69, 9.17) is 4.74 Å². The van der Waals surface area contributed by atoms with Crippen LogP contribution in [0.3, 0.4) is 0 Å². The van der Waals surface area contributed by atoms with Gasteiger partial charge in [0.25, 0.3) is 11.8 Å². The van der Waals surface area contributed by atoms with Gasteiger partial charge in [-0.2, -0.15) is 0 Å². The van der Waals surface area contributed by atoms with Crippen LogP contribution in [-0.4, -0.2) is 26.0 Å². The Morgan fingerprint density at radius 2 is 1.79 bits per heavy atom. The van der Waals surface area contributed by atoms with Gasteiger partial charge in [-0.05, 0) is 73.9 Å².